The Morgan fingerprint density at radius 3 is 2.59 bits per heavy atom. The molecule has 27 heavy (non-hydrogen) atoms. The molecule has 0 bridgehead atoms. The van der Waals surface area contributed by atoms with Crippen LogP contribution in [0.25, 0.3) is 0 Å². The number of ether oxygens (including phenoxy) is 3. The summed E-state index contributed by atoms with van der Waals surface area (Å²) in [6, 6.07) is 12.5. The number of amides is 1. The SMILES string of the molecule is COc1ccc(CCC(=O)N2CC(C(=O)O)Oc3ccccc32)cc1OC. The number of aryl methyl sites for hydroxylation is 1. The van der Waals surface area contributed by atoms with Crippen molar-refractivity contribution in [3.05, 3.63) is 48.0 Å². The molecule has 0 spiro atoms. The standard InChI is InChI=1S/C20H21NO6/c1-25-16-9-7-13(11-17(16)26-2)8-10-19(22)21-12-18(20(23)24)27-15-6-4-3-5-14(15)21/h3-7,9,11,18H,8,10,12H2,1-2H3,(H,23,24). The summed E-state index contributed by atoms with van der Waals surface area (Å²) < 4.78 is 16.0. The number of hydrogen-bond acceptors (Lipinski definition) is 5. The normalized spacial score (nSPS) is 15.5. The van der Waals surface area contributed by atoms with Crippen molar-refractivity contribution in [3.8, 4) is 17.2 Å². The molecule has 0 aromatic heterocycles. The van der Waals surface area contributed by atoms with E-state index in [9.17, 15) is 14.7 Å². The van der Waals surface area contributed by atoms with Gasteiger partial charge in [-0.05, 0) is 36.2 Å². The van der Waals surface area contributed by atoms with Crippen LogP contribution >= 0.6 is 0 Å². The lowest BCUT2D eigenvalue weighted by atomic mass is 10.1. The van der Waals surface area contributed by atoms with E-state index in [0.717, 1.165) is 5.56 Å². The van der Waals surface area contributed by atoms with E-state index in [1.807, 2.05) is 12.1 Å². The first-order valence-electron chi connectivity index (χ1n) is 8.53. The number of anilines is 1. The van der Waals surface area contributed by atoms with E-state index in [4.69, 9.17) is 14.2 Å². The van der Waals surface area contributed by atoms with Gasteiger partial charge in [0.25, 0.3) is 0 Å². The molecule has 0 saturated heterocycles. The molecule has 1 amide bonds. The summed E-state index contributed by atoms with van der Waals surface area (Å²) in [7, 11) is 3.12. The molecule has 1 aliphatic heterocycles. The lowest BCUT2D eigenvalue weighted by Gasteiger charge is -2.33. The highest BCUT2D eigenvalue weighted by Gasteiger charge is 2.33. The van der Waals surface area contributed by atoms with Crippen LogP contribution in [0, 0.1) is 0 Å². The summed E-state index contributed by atoms with van der Waals surface area (Å²) in [5.74, 6) is 0.369. The molecule has 142 valence electrons. The van der Waals surface area contributed by atoms with Crippen LogP contribution in [-0.4, -0.2) is 43.9 Å². The van der Waals surface area contributed by atoms with Crippen LogP contribution in [0.5, 0.6) is 17.2 Å². The number of aliphatic carboxylic acids is 1. The van der Waals surface area contributed by atoms with Crippen molar-refractivity contribution in [2.45, 2.75) is 18.9 Å². The Balaban J connectivity index is 1.75. The first kappa shape index (κ1) is 18.6. The smallest absolute Gasteiger partial charge is 0.346 e. The van der Waals surface area contributed by atoms with E-state index < -0.39 is 12.1 Å². The number of carboxylic acid groups (broad SMARTS) is 1. The number of para-hydroxylation sites is 2. The first-order chi connectivity index (χ1) is 13.0. The zero-order valence-corrected chi connectivity index (χ0v) is 15.2. The summed E-state index contributed by atoms with van der Waals surface area (Å²) in [6.07, 6.45) is -0.350. The van der Waals surface area contributed by atoms with Gasteiger partial charge in [-0.3, -0.25) is 4.79 Å². The Kier molecular flexibility index (Phi) is 5.49. The zero-order chi connectivity index (χ0) is 19.4. The number of carbonyl (C=O) groups excluding carboxylic acids is 1. The number of nitrogens with zero attached hydrogens (tertiary/aromatic N) is 1. The summed E-state index contributed by atoms with van der Waals surface area (Å²) in [6.45, 7) is -0.0168. The molecule has 0 fully saturated rings. The molecule has 0 saturated carbocycles. The lowest BCUT2D eigenvalue weighted by molar-refractivity contribution is -0.145. The monoisotopic (exact) mass is 371 g/mol. The van der Waals surface area contributed by atoms with Crippen LogP contribution in [0.15, 0.2) is 42.5 Å². The molecule has 1 atom stereocenters. The van der Waals surface area contributed by atoms with Gasteiger partial charge in [0.1, 0.15) is 5.75 Å². The maximum absolute atomic E-state index is 12.8. The number of methoxy groups -OCH3 is 2. The number of carbonyl (C=O) groups is 2. The van der Waals surface area contributed by atoms with Crippen molar-refractivity contribution in [1.29, 1.82) is 0 Å². The zero-order valence-electron chi connectivity index (χ0n) is 15.2. The predicted molar refractivity (Wildman–Crippen MR) is 98.7 cm³/mol. The fourth-order valence-electron chi connectivity index (χ4n) is 3.02. The van der Waals surface area contributed by atoms with Gasteiger partial charge in [-0.1, -0.05) is 18.2 Å². The average molecular weight is 371 g/mol. The van der Waals surface area contributed by atoms with E-state index in [1.165, 1.54) is 4.90 Å². The van der Waals surface area contributed by atoms with Gasteiger partial charge in [0.05, 0.1) is 26.5 Å². The fourth-order valence-corrected chi connectivity index (χ4v) is 3.02. The van der Waals surface area contributed by atoms with Crippen molar-refractivity contribution >= 4 is 17.6 Å². The van der Waals surface area contributed by atoms with Crippen LogP contribution in [0.1, 0.15) is 12.0 Å². The molecule has 3 rings (SSSR count). The van der Waals surface area contributed by atoms with Crippen molar-refractivity contribution in [2.75, 3.05) is 25.7 Å². The topological polar surface area (TPSA) is 85.3 Å². The molecular weight excluding hydrogens is 350 g/mol. The van der Waals surface area contributed by atoms with Crippen molar-refractivity contribution in [1.82, 2.24) is 0 Å². The number of carboxylic acids is 1. The second-order valence-corrected chi connectivity index (χ2v) is 6.11. The molecular formula is C20H21NO6. The average Bonchev–Trinajstić information content (AvgIpc) is 2.70. The van der Waals surface area contributed by atoms with Crippen LogP contribution in [0.3, 0.4) is 0 Å². The first-order valence-corrected chi connectivity index (χ1v) is 8.53. The van der Waals surface area contributed by atoms with E-state index in [1.54, 1.807) is 44.6 Å². The Labute approximate surface area is 157 Å². The maximum Gasteiger partial charge on any atom is 0.346 e. The van der Waals surface area contributed by atoms with Gasteiger partial charge in [0.15, 0.2) is 11.5 Å². The fraction of sp³-hybridized carbons (Fsp3) is 0.300. The van der Waals surface area contributed by atoms with Gasteiger partial charge in [-0.25, -0.2) is 4.79 Å². The third kappa shape index (κ3) is 3.97. The van der Waals surface area contributed by atoms with Gasteiger partial charge >= 0.3 is 5.97 Å². The molecule has 0 aliphatic carbocycles. The largest absolute Gasteiger partial charge is 0.493 e. The number of benzene rings is 2. The summed E-state index contributed by atoms with van der Waals surface area (Å²) in [4.78, 5) is 25.6. The minimum absolute atomic E-state index is 0.0168. The van der Waals surface area contributed by atoms with E-state index in [2.05, 4.69) is 0 Å². The molecule has 7 nitrogen and oxygen atoms in total. The van der Waals surface area contributed by atoms with Gasteiger partial charge in [-0.15, -0.1) is 0 Å². The second-order valence-electron chi connectivity index (χ2n) is 6.11. The van der Waals surface area contributed by atoms with Crippen LogP contribution in [0.4, 0.5) is 5.69 Å². The highest BCUT2D eigenvalue weighted by molar-refractivity contribution is 5.96. The predicted octanol–water partition coefficient (Wildman–Crippen LogP) is 2.52. The Hall–Kier alpha value is -3.22. The third-order valence-corrected chi connectivity index (χ3v) is 4.43. The van der Waals surface area contributed by atoms with Gasteiger partial charge < -0.3 is 24.2 Å². The third-order valence-electron chi connectivity index (χ3n) is 4.43. The van der Waals surface area contributed by atoms with E-state index in [0.29, 0.717) is 29.4 Å². The van der Waals surface area contributed by atoms with Crippen molar-refractivity contribution in [2.24, 2.45) is 0 Å². The van der Waals surface area contributed by atoms with Gasteiger partial charge in [0.2, 0.25) is 12.0 Å². The lowest BCUT2D eigenvalue weighted by Crippen LogP contribution is -2.47. The Morgan fingerprint density at radius 1 is 1.15 bits per heavy atom. The van der Waals surface area contributed by atoms with Crippen molar-refractivity contribution < 1.29 is 28.9 Å². The minimum atomic E-state index is -1.10. The molecule has 1 heterocycles. The highest BCUT2D eigenvalue weighted by atomic mass is 16.5. The Bertz CT molecular complexity index is 850. The van der Waals surface area contributed by atoms with E-state index >= 15 is 0 Å². The molecule has 2 aromatic rings. The minimum Gasteiger partial charge on any atom is -0.493 e. The van der Waals surface area contributed by atoms with Crippen molar-refractivity contribution in [3.63, 3.8) is 0 Å². The maximum atomic E-state index is 12.8. The molecule has 2 aromatic carbocycles. The van der Waals surface area contributed by atoms with Crippen LogP contribution in [0.2, 0.25) is 0 Å². The Morgan fingerprint density at radius 2 is 1.89 bits per heavy atom. The molecule has 1 N–H and O–H groups in total. The molecule has 1 unspecified atom stereocenters. The summed E-state index contributed by atoms with van der Waals surface area (Å²) >= 11 is 0. The van der Waals surface area contributed by atoms with Gasteiger partial charge in [0, 0.05) is 6.42 Å². The number of hydrogen-bond donors (Lipinski definition) is 1. The molecule has 0 radical (unpaired) electrons. The van der Waals surface area contributed by atoms with Crippen LogP contribution < -0.4 is 19.1 Å². The second kappa shape index (κ2) is 7.99. The summed E-state index contributed by atoms with van der Waals surface area (Å²) in [5.41, 5.74) is 1.52. The van der Waals surface area contributed by atoms with Gasteiger partial charge in [-0.2, -0.15) is 0 Å². The molecule has 7 heteroatoms. The number of fused-ring (bicyclic) bond motifs is 1. The highest BCUT2D eigenvalue weighted by Crippen LogP contribution is 2.34. The quantitative estimate of drug-likeness (QED) is 0.840. The summed E-state index contributed by atoms with van der Waals surface area (Å²) in [5, 5.41) is 9.29. The van der Waals surface area contributed by atoms with E-state index in [-0.39, 0.29) is 18.9 Å². The molecule has 1 aliphatic rings. The number of rotatable bonds is 6. The van der Waals surface area contributed by atoms with Crippen LogP contribution in [-0.2, 0) is 16.0 Å².